The Kier molecular flexibility index (Phi) is 34.7. The van der Waals surface area contributed by atoms with Gasteiger partial charge in [0, 0.05) is 12.8 Å². The van der Waals surface area contributed by atoms with Crippen LogP contribution in [0.3, 0.4) is 0 Å². The number of carboxylic acid groups (broad SMARTS) is 1. The number of hydrogen-bond acceptors (Lipinski definition) is 3. The van der Waals surface area contributed by atoms with Crippen molar-refractivity contribution < 1.29 is 19.4 Å². The van der Waals surface area contributed by atoms with Gasteiger partial charge in [-0.1, -0.05) is 172 Å². The zero-order valence-electron chi connectivity index (χ0n) is 29.7. The van der Waals surface area contributed by atoms with E-state index in [0.717, 1.165) is 77.0 Å². The standard InChI is InChI=1S/C41H72O4/c1-3-5-7-9-11-13-15-16-17-18-19-21-23-25-30-34-38-41(44)45-39(36-32-28-26-29-33-37-40(42)43)35-31-27-24-22-20-14-12-10-8-6-4-2/h6,8,12,14,22,24,31,35,39H,3-5,7,9-11,13,15-21,23,25-30,32-34,36-38H2,1-2H3,(H,42,43)/b8-6-,14-12-,24-22-,35-31-. The van der Waals surface area contributed by atoms with E-state index >= 15 is 0 Å². The number of carbonyl (C=O) groups is 2. The van der Waals surface area contributed by atoms with Crippen molar-refractivity contribution in [2.45, 2.75) is 200 Å². The Labute approximate surface area is 279 Å². The number of aliphatic carboxylic acids is 1. The first-order valence-electron chi connectivity index (χ1n) is 19.1. The number of rotatable bonds is 34. The minimum absolute atomic E-state index is 0.0747. The van der Waals surface area contributed by atoms with E-state index in [-0.39, 0.29) is 18.5 Å². The number of esters is 1. The van der Waals surface area contributed by atoms with Gasteiger partial charge in [0.05, 0.1) is 0 Å². The molecule has 1 atom stereocenters. The van der Waals surface area contributed by atoms with Crippen LogP contribution in [0.5, 0.6) is 0 Å². The van der Waals surface area contributed by atoms with Gasteiger partial charge in [-0.3, -0.25) is 9.59 Å². The van der Waals surface area contributed by atoms with E-state index < -0.39 is 5.97 Å². The summed E-state index contributed by atoms with van der Waals surface area (Å²) in [5.41, 5.74) is 0. The molecule has 0 rings (SSSR count). The average Bonchev–Trinajstić information content (AvgIpc) is 3.02. The second-order valence-electron chi connectivity index (χ2n) is 12.7. The molecular formula is C41H72O4. The van der Waals surface area contributed by atoms with Crippen molar-refractivity contribution in [2.24, 2.45) is 0 Å². The molecule has 260 valence electrons. The minimum Gasteiger partial charge on any atom is -0.481 e. The summed E-state index contributed by atoms with van der Waals surface area (Å²) in [6.45, 7) is 4.43. The highest BCUT2D eigenvalue weighted by atomic mass is 16.5. The maximum Gasteiger partial charge on any atom is 0.306 e. The molecule has 1 N–H and O–H groups in total. The fourth-order valence-corrected chi connectivity index (χ4v) is 5.51. The van der Waals surface area contributed by atoms with Crippen molar-refractivity contribution in [1.29, 1.82) is 0 Å². The number of allylic oxidation sites excluding steroid dienone is 7. The molecule has 0 fully saturated rings. The van der Waals surface area contributed by atoms with E-state index in [2.05, 4.69) is 62.5 Å². The number of hydrogen-bond donors (Lipinski definition) is 1. The van der Waals surface area contributed by atoms with Gasteiger partial charge in [0.15, 0.2) is 0 Å². The van der Waals surface area contributed by atoms with Crippen LogP contribution in [0.25, 0.3) is 0 Å². The highest BCUT2D eigenvalue weighted by Crippen LogP contribution is 2.16. The van der Waals surface area contributed by atoms with Gasteiger partial charge < -0.3 is 9.84 Å². The number of carbonyl (C=O) groups excluding carboxylic acids is 1. The van der Waals surface area contributed by atoms with E-state index in [1.54, 1.807) is 0 Å². The van der Waals surface area contributed by atoms with Gasteiger partial charge >= 0.3 is 11.9 Å². The zero-order chi connectivity index (χ0) is 32.9. The summed E-state index contributed by atoms with van der Waals surface area (Å²) >= 11 is 0. The lowest BCUT2D eigenvalue weighted by Crippen LogP contribution is -2.16. The lowest BCUT2D eigenvalue weighted by molar-refractivity contribution is -0.147. The van der Waals surface area contributed by atoms with Gasteiger partial charge in [-0.2, -0.15) is 0 Å². The molecule has 0 saturated heterocycles. The average molecular weight is 629 g/mol. The van der Waals surface area contributed by atoms with Crippen molar-refractivity contribution in [1.82, 2.24) is 0 Å². The molecular weight excluding hydrogens is 556 g/mol. The lowest BCUT2D eigenvalue weighted by atomic mass is 10.0. The summed E-state index contributed by atoms with van der Waals surface area (Å²) in [6, 6.07) is 0. The second kappa shape index (κ2) is 36.4. The summed E-state index contributed by atoms with van der Waals surface area (Å²) in [4.78, 5) is 23.3. The first-order chi connectivity index (χ1) is 22.1. The van der Waals surface area contributed by atoms with Crippen LogP contribution in [0.15, 0.2) is 48.6 Å². The largest absolute Gasteiger partial charge is 0.481 e. The first-order valence-corrected chi connectivity index (χ1v) is 19.1. The summed E-state index contributed by atoms with van der Waals surface area (Å²) in [7, 11) is 0. The normalized spacial score (nSPS) is 12.8. The Morgan fingerprint density at radius 2 is 0.911 bits per heavy atom. The molecule has 4 heteroatoms. The highest BCUT2D eigenvalue weighted by molar-refractivity contribution is 5.69. The predicted molar refractivity (Wildman–Crippen MR) is 195 cm³/mol. The van der Waals surface area contributed by atoms with Gasteiger partial charge in [-0.05, 0) is 57.4 Å². The van der Waals surface area contributed by atoms with Gasteiger partial charge in [-0.15, -0.1) is 0 Å². The maximum absolute atomic E-state index is 12.6. The Balaban J connectivity index is 4.12. The van der Waals surface area contributed by atoms with E-state index in [1.165, 1.54) is 89.9 Å². The molecule has 0 aliphatic carbocycles. The van der Waals surface area contributed by atoms with E-state index in [1.807, 2.05) is 0 Å². The molecule has 0 aromatic heterocycles. The number of carboxylic acids is 1. The van der Waals surface area contributed by atoms with Crippen LogP contribution in [0.1, 0.15) is 194 Å². The van der Waals surface area contributed by atoms with Crippen LogP contribution >= 0.6 is 0 Å². The highest BCUT2D eigenvalue weighted by Gasteiger charge is 2.11. The molecule has 0 heterocycles. The van der Waals surface area contributed by atoms with Crippen LogP contribution in [0.2, 0.25) is 0 Å². The fourth-order valence-electron chi connectivity index (χ4n) is 5.51. The molecule has 0 amide bonds. The summed E-state index contributed by atoms with van der Waals surface area (Å²) in [5, 5.41) is 8.80. The molecule has 0 radical (unpaired) electrons. The molecule has 0 bridgehead atoms. The predicted octanol–water partition coefficient (Wildman–Crippen LogP) is 13.2. The molecule has 0 aromatic carbocycles. The zero-order valence-corrected chi connectivity index (χ0v) is 29.7. The summed E-state index contributed by atoms with van der Waals surface area (Å²) < 4.78 is 5.88. The Bertz CT molecular complexity index is 763. The van der Waals surface area contributed by atoms with Gasteiger partial charge in [0.25, 0.3) is 0 Å². The van der Waals surface area contributed by atoms with Gasteiger partial charge in [-0.25, -0.2) is 0 Å². The molecule has 0 spiro atoms. The minimum atomic E-state index is -0.717. The molecule has 0 aliphatic rings. The SMILES string of the molecule is CC/C=C\C/C=C\C/C=C\C/C=C\C(CCCCCCCC(=O)O)OC(=O)CCCCCCCCCCCCCCCCCC. The van der Waals surface area contributed by atoms with E-state index in [4.69, 9.17) is 9.84 Å². The quantitative estimate of drug-likeness (QED) is 0.0437. The molecule has 1 unspecified atom stereocenters. The van der Waals surface area contributed by atoms with Crippen LogP contribution in [-0.2, 0) is 14.3 Å². The van der Waals surface area contributed by atoms with Crippen molar-refractivity contribution in [3.8, 4) is 0 Å². The van der Waals surface area contributed by atoms with E-state index in [9.17, 15) is 9.59 Å². The van der Waals surface area contributed by atoms with E-state index in [0.29, 0.717) is 6.42 Å². The molecule has 45 heavy (non-hydrogen) atoms. The number of ether oxygens (including phenoxy) is 1. The van der Waals surface area contributed by atoms with Crippen LogP contribution < -0.4 is 0 Å². The van der Waals surface area contributed by atoms with Crippen LogP contribution in [0, 0.1) is 0 Å². The third-order valence-corrected chi connectivity index (χ3v) is 8.30. The van der Waals surface area contributed by atoms with Gasteiger partial charge in [0.1, 0.15) is 6.10 Å². The smallest absolute Gasteiger partial charge is 0.306 e. The Morgan fingerprint density at radius 1 is 0.511 bits per heavy atom. The van der Waals surface area contributed by atoms with Crippen LogP contribution in [-0.4, -0.2) is 23.1 Å². The Hall–Kier alpha value is -2.10. The molecule has 0 aliphatic heterocycles. The Morgan fingerprint density at radius 3 is 1.38 bits per heavy atom. The van der Waals surface area contributed by atoms with Gasteiger partial charge in [0.2, 0.25) is 0 Å². The maximum atomic E-state index is 12.6. The topological polar surface area (TPSA) is 63.6 Å². The van der Waals surface area contributed by atoms with Crippen molar-refractivity contribution >= 4 is 11.9 Å². The fraction of sp³-hybridized carbons (Fsp3) is 0.756. The molecule has 0 saturated carbocycles. The third kappa shape index (κ3) is 36.2. The van der Waals surface area contributed by atoms with Crippen LogP contribution in [0.4, 0.5) is 0 Å². The number of unbranched alkanes of at least 4 members (excludes halogenated alkanes) is 19. The first kappa shape index (κ1) is 42.9. The molecule has 4 nitrogen and oxygen atoms in total. The third-order valence-electron chi connectivity index (χ3n) is 8.30. The van der Waals surface area contributed by atoms with Crippen molar-refractivity contribution in [3.63, 3.8) is 0 Å². The van der Waals surface area contributed by atoms with Crippen molar-refractivity contribution in [2.75, 3.05) is 0 Å². The molecule has 0 aromatic rings. The summed E-state index contributed by atoms with van der Waals surface area (Å²) in [5.74, 6) is -0.792. The van der Waals surface area contributed by atoms with Crippen molar-refractivity contribution in [3.05, 3.63) is 48.6 Å². The lowest BCUT2D eigenvalue weighted by Gasteiger charge is -2.14. The second-order valence-corrected chi connectivity index (χ2v) is 12.7. The monoisotopic (exact) mass is 629 g/mol. The summed E-state index contributed by atoms with van der Waals surface area (Å²) in [6.07, 6.45) is 48.6.